The molecule has 1 N–H and O–H groups in total. The van der Waals surface area contributed by atoms with Gasteiger partial charge in [-0.2, -0.15) is 16.1 Å². The van der Waals surface area contributed by atoms with Gasteiger partial charge in [-0.25, -0.2) is 8.42 Å². The maximum absolute atomic E-state index is 12.9. The highest BCUT2D eigenvalue weighted by Crippen LogP contribution is 2.28. The second kappa shape index (κ2) is 8.86. The van der Waals surface area contributed by atoms with E-state index in [0.717, 1.165) is 31.0 Å². The summed E-state index contributed by atoms with van der Waals surface area (Å²) in [5.74, 6) is 1.46. The van der Waals surface area contributed by atoms with E-state index in [9.17, 15) is 13.2 Å². The number of nitrogens with one attached hydrogen (secondary N) is 1. The summed E-state index contributed by atoms with van der Waals surface area (Å²) in [6.45, 7) is 3.97. The van der Waals surface area contributed by atoms with Crippen LogP contribution >= 0.6 is 35.5 Å². The summed E-state index contributed by atoms with van der Waals surface area (Å²) < 4.78 is 27.2. The van der Waals surface area contributed by atoms with Crippen LogP contribution in [0.4, 0.5) is 0 Å². The Bertz CT molecular complexity index is 651. The summed E-state index contributed by atoms with van der Waals surface area (Å²) in [6.07, 6.45) is 0.891. The molecule has 1 aromatic heterocycles. The summed E-state index contributed by atoms with van der Waals surface area (Å²) in [5, 5.41) is 4.96. The molecule has 10 heteroatoms. The smallest absolute Gasteiger partial charge is 0.265 e. The minimum atomic E-state index is -3.57. The lowest BCUT2D eigenvalue weighted by Gasteiger charge is -2.26. The molecule has 1 aromatic rings. The minimum Gasteiger partial charge on any atom is -0.337 e. The lowest BCUT2D eigenvalue weighted by molar-refractivity contribution is 0.0767. The Morgan fingerprint density at radius 1 is 1.12 bits per heavy atom. The number of hydrogen-bond donors (Lipinski definition) is 1. The number of thiophene rings is 1. The predicted octanol–water partition coefficient (Wildman–Crippen LogP) is 1.34. The van der Waals surface area contributed by atoms with Crippen LogP contribution in [0.1, 0.15) is 16.1 Å². The van der Waals surface area contributed by atoms with Crippen molar-refractivity contribution in [3.8, 4) is 0 Å². The summed E-state index contributed by atoms with van der Waals surface area (Å²) in [6, 6.07) is 1.57. The molecule has 136 valence electrons. The van der Waals surface area contributed by atoms with Crippen LogP contribution in [0.15, 0.2) is 16.3 Å². The number of hydrogen-bond acceptors (Lipinski definition) is 6. The van der Waals surface area contributed by atoms with Crippen molar-refractivity contribution in [2.45, 2.75) is 11.3 Å². The van der Waals surface area contributed by atoms with Crippen molar-refractivity contribution in [1.82, 2.24) is 14.5 Å². The van der Waals surface area contributed by atoms with Crippen LogP contribution in [0, 0.1) is 0 Å². The van der Waals surface area contributed by atoms with Gasteiger partial charge >= 0.3 is 0 Å². The first-order valence-corrected chi connectivity index (χ1v) is 11.2. The predicted molar refractivity (Wildman–Crippen MR) is 101 cm³/mol. The van der Waals surface area contributed by atoms with Gasteiger partial charge in [0.2, 0.25) is 10.0 Å². The maximum Gasteiger partial charge on any atom is 0.265 e. The fourth-order valence-corrected chi connectivity index (χ4v) is 6.71. The maximum atomic E-state index is 12.9. The van der Waals surface area contributed by atoms with Gasteiger partial charge in [-0.3, -0.25) is 4.79 Å². The van der Waals surface area contributed by atoms with Gasteiger partial charge in [0.05, 0.1) is 0 Å². The van der Waals surface area contributed by atoms with E-state index in [1.165, 1.54) is 15.6 Å². The van der Waals surface area contributed by atoms with E-state index in [-0.39, 0.29) is 23.2 Å². The van der Waals surface area contributed by atoms with E-state index in [2.05, 4.69) is 5.32 Å². The van der Waals surface area contributed by atoms with Crippen molar-refractivity contribution < 1.29 is 13.2 Å². The van der Waals surface area contributed by atoms with Crippen molar-refractivity contribution in [3.63, 3.8) is 0 Å². The number of halogens is 1. The monoisotopic (exact) mass is 411 g/mol. The zero-order valence-corrected chi connectivity index (χ0v) is 16.5. The normalized spacial score (nSPS) is 20.2. The summed E-state index contributed by atoms with van der Waals surface area (Å²) in [4.78, 5) is 15.1. The number of thioether (sulfide) groups is 1. The Hall–Kier alpha value is -0.320. The van der Waals surface area contributed by atoms with Gasteiger partial charge in [-0.05, 0) is 24.4 Å². The molecule has 1 amide bonds. The first-order valence-electron chi connectivity index (χ1n) is 7.76. The fraction of sp³-hybridized carbons (Fsp3) is 0.643. The molecule has 0 atom stereocenters. The molecule has 2 aliphatic rings. The van der Waals surface area contributed by atoms with Crippen molar-refractivity contribution in [2.24, 2.45) is 0 Å². The molecular weight excluding hydrogens is 390 g/mol. The third kappa shape index (κ3) is 4.25. The fourth-order valence-electron chi connectivity index (χ4n) is 2.78. The summed E-state index contributed by atoms with van der Waals surface area (Å²) >= 11 is 2.99. The Balaban J connectivity index is 0.00000208. The number of carbonyl (C=O) groups excluding carboxylic acids is 1. The molecule has 0 spiro atoms. The lowest BCUT2D eigenvalue weighted by Crippen LogP contribution is -2.39. The van der Waals surface area contributed by atoms with E-state index in [1.807, 2.05) is 0 Å². The first-order chi connectivity index (χ1) is 11.1. The quantitative estimate of drug-likeness (QED) is 0.812. The van der Waals surface area contributed by atoms with Gasteiger partial charge in [-0.1, -0.05) is 0 Å². The Kier molecular flexibility index (Phi) is 7.39. The van der Waals surface area contributed by atoms with E-state index in [1.54, 1.807) is 28.1 Å². The Morgan fingerprint density at radius 3 is 2.62 bits per heavy atom. The van der Waals surface area contributed by atoms with Gasteiger partial charge < -0.3 is 10.2 Å². The topological polar surface area (TPSA) is 69.7 Å². The molecule has 2 saturated heterocycles. The molecule has 2 aliphatic heterocycles. The van der Waals surface area contributed by atoms with Gasteiger partial charge in [0.25, 0.3) is 5.91 Å². The Morgan fingerprint density at radius 2 is 1.88 bits per heavy atom. The highest BCUT2D eigenvalue weighted by Gasteiger charge is 2.32. The van der Waals surface area contributed by atoms with Crippen LogP contribution in [0.3, 0.4) is 0 Å². The molecule has 3 heterocycles. The highest BCUT2D eigenvalue weighted by molar-refractivity contribution is 7.99. The molecule has 0 aliphatic carbocycles. The number of amides is 1. The van der Waals surface area contributed by atoms with Gasteiger partial charge in [-0.15, -0.1) is 23.7 Å². The van der Waals surface area contributed by atoms with Crippen LogP contribution < -0.4 is 5.32 Å². The van der Waals surface area contributed by atoms with Crippen molar-refractivity contribution in [2.75, 3.05) is 50.8 Å². The summed E-state index contributed by atoms with van der Waals surface area (Å²) in [5.41, 5.74) is 0. The third-order valence-electron chi connectivity index (χ3n) is 4.04. The molecule has 0 aromatic carbocycles. The van der Waals surface area contributed by atoms with Crippen molar-refractivity contribution in [1.29, 1.82) is 0 Å². The molecule has 24 heavy (non-hydrogen) atoms. The molecule has 2 fully saturated rings. The molecule has 0 radical (unpaired) electrons. The van der Waals surface area contributed by atoms with Gasteiger partial charge in [0.15, 0.2) is 0 Å². The van der Waals surface area contributed by atoms with E-state index in [4.69, 9.17) is 0 Å². The van der Waals surface area contributed by atoms with E-state index in [0.29, 0.717) is 31.1 Å². The standard InChI is InChI=1S/C14H21N3O3S3.ClH/c18-14(16-5-1-3-15-4-6-16)13-12(2-9-22-13)23(19,20)17-7-10-21-11-8-17;/h2,9,15H,1,3-8,10-11H2;1H. The molecule has 0 saturated carbocycles. The average Bonchev–Trinajstić information content (AvgIpc) is 2.91. The van der Waals surface area contributed by atoms with Crippen molar-refractivity contribution in [3.05, 3.63) is 16.3 Å². The van der Waals surface area contributed by atoms with Gasteiger partial charge in [0, 0.05) is 44.2 Å². The number of rotatable bonds is 3. The largest absolute Gasteiger partial charge is 0.337 e. The zero-order chi connectivity index (χ0) is 16.3. The molecule has 0 unspecified atom stereocenters. The molecule has 0 bridgehead atoms. The molecule has 6 nitrogen and oxygen atoms in total. The van der Waals surface area contributed by atoms with Gasteiger partial charge in [0.1, 0.15) is 9.77 Å². The van der Waals surface area contributed by atoms with E-state index < -0.39 is 10.0 Å². The Labute approximate surface area is 157 Å². The average molecular weight is 412 g/mol. The number of nitrogens with zero attached hydrogens (tertiary/aromatic N) is 2. The van der Waals surface area contributed by atoms with Crippen LogP contribution in [0.25, 0.3) is 0 Å². The van der Waals surface area contributed by atoms with Crippen LogP contribution in [-0.4, -0.2) is 74.3 Å². The number of carbonyl (C=O) groups is 1. The van der Waals surface area contributed by atoms with Crippen LogP contribution in [0.5, 0.6) is 0 Å². The third-order valence-corrected chi connectivity index (χ3v) is 7.95. The zero-order valence-electron chi connectivity index (χ0n) is 13.3. The summed E-state index contributed by atoms with van der Waals surface area (Å²) in [7, 11) is -3.57. The second-order valence-electron chi connectivity index (χ2n) is 5.53. The first kappa shape index (κ1) is 20.0. The number of sulfonamides is 1. The van der Waals surface area contributed by atoms with Crippen LogP contribution in [-0.2, 0) is 10.0 Å². The SMILES string of the molecule is Cl.O=C(c1sccc1S(=O)(=O)N1CCSCC1)N1CCCNCC1. The lowest BCUT2D eigenvalue weighted by atomic mass is 10.3. The molecular formula is C14H22ClN3O3S3. The second-order valence-corrected chi connectivity index (χ2v) is 9.57. The van der Waals surface area contributed by atoms with Crippen molar-refractivity contribution >= 4 is 51.4 Å². The highest BCUT2D eigenvalue weighted by atomic mass is 35.5. The van der Waals surface area contributed by atoms with Crippen LogP contribution in [0.2, 0.25) is 0 Å². The van der Waals surface area contributed by atoms with E-state index >= 15 is 0 Å². The molecule has 3 rings (SSSR count). The minimum absolute atomic E-state index is 0.